The summed E-state index contributed by atoms with van der Waals surface area (Å²) in [6.45, 7) is 0. The number of hydrogen-bond donors (Lipinski definition) is 0. The van der Waals surface area contributed by atoms with Crippen molar-refractivity contribution in [3.05, 3.63) is 193 Å². The molecule has 9 aromatic rings. The lowest BCUT2D eigenvalue weighted by molar-refractivity contribution is 0.620. The van der Waals surface area contributed by atoms with Gasteiger partial charge in [0.2, 0.25) is 5.89 Å². The van der Waals surface area contributed by atoms with Gasteiger partial charge >= 0.3 is 0 Å². The molecule has 0 saturated carbocycles. The molecule has 7 aromatic carbocycles. The average molecular weight is 737 g/mol. The molecule has 0 N–H and O–H groups in total. The van der Waals surface area contributed by atoms with Crippen molar-refractivity contribution in [2.75, 3.05) is 4.90 Å². The molecule has 1 aliphatic carbocycles. The van der Waals surface area contributed by atoms with Crippen molar-refractivity contribution < 1.29 is 8.83 Å². The second-order valence-corrected chi connectivity index (χ2v) is 15.0. The van der Waals surface area contributed by atoms with Crippen LogP contribution in [0.5, 0.6) is 0 Å². The zero-order valence-electron chi connectivity index (χ0n) is 30.1. The number of fused-ring (bicyclic) bond motifs is 5. The van der Waals surface area contributed by atoms with Crippen LogP contribution < -0.4 is 4.90 Å². The van der Waals surface area contributed by atoms with Gasteiger partial charge in [-0.15, -0.1) is 11.3 Å². The SMILES string of the molecule is c1csc2cc(-c3ccc(N(c4ccc(-c5ccc(-c6nc7ccccc7o6)cc5)cc4)c4ccc(-c5ccc6c(c5)oc5ccccc56)cc4)cc3)cc-2c1. The smallest absolute Gasteiger partial charge is 0.227 e. The van der Waals surface area contributed by atoms with E-state index in [9.17, 15) is 0 Å². The highest BCUT2D eigenvalue weighted by Crippen LogP contribution is 2.40. The first-order valence-electron chi connectivity index (χ1n) is 18.7. The Bertz CT molecular complexity index is 3050. The molecule has 264 valence electrons. The number of anilines is 3. The van der Waals surface area contributed by atoms with Gasteiger partial charge in [0.1, 0.15) is 16.7 Å². The predicted molar refractivity (Wildman–Crippen MR) is 232 cm³/mol. The fourth-order valence-corrected chi connectivity index (χ4v) is 8.48. The Morgan fingerprint density at radius 3 is 1.61 bits per heavy atom. The van der Waals surface area contributed by atoms with Crippen molar-refractivity contribution in [3.8, 4) is 55.3 Å². The number of benzene rings is 7. The number of nitrogens with zero attached hydrogens (tertiary/aromatic N) is 2. The van der Waals surface area contributed by atoms with Gasteiger partial charge in [-0.3, -0.25) is 0 Å². The molecule has 0 radical (unpaired) electrons. The molecule has 0 unspecified atom stereocenters. The molecule has 0 spiro atoms. The lowest BCUT2D eigenvalue weighted by atomic mass is 10.0. The topological polar surface area (TPSA) is 42.4 Å². The monoisotopic (exact) mass is 736 g/mol. The molecule has 0 fully saturated rings. The van der Waals surface area contributed by atoms with E-state index >= 15 is 0 Å². The quantitative estimate of drug-likeness (QED) is 0.163. The molecule has 4 nitrogen and oxygen atoms in total. The van der Waals surface area contributed by atoms with E-state index in [1.807, 2.05) is 36.4 Å². The van der Waals surface area contributed by atoms with Gasteiger partial charge in [0, 0.05) is 38.3 Å². The fraction of sp³-hybridized carbons (Fsp3) is 0. The molecule has 2 aromatic heterocycles. The van der Waals surface area contributed by atoms with Crippen molar-refractivity contribution >= 4 is 61.4 Å². The van der Waals surface area contributed by atoms with Crippen molar-refractivity contribution in [3.63, 3.8) is 0 Å². The standard InChI is InChI=1S/C51H32N2O2S/c1-3-9-47-44(7-1)45-28-21-38(31-49(45)54-47)35-17-24-42(25-18-35)53(43-26-19-36(20-27-43)40-30-39-6-5-29-56-50(39)32-40)41-22-15-34(16-23-41)33-11-13-37(14-12-33)51-52-46-8-2-4-10-48(46)55-51/h1-32H. The number of oxazole rings is 1. The fourth-order valence-electron chi connectivity index (χ4n) is 7.72. The van der Waals surface area contributed by atoms with Crippen LogP contribution in [0.3, 0.4) is 0 Å². The Hall–Kier alpha value is -7.21. The normalized spacial score (nSPS) is 11.6. The summed E-state index contributed by atoms with van der Waals surface area (Å²) < 4.78 is 12.2. The second kappa shape index (κ2) is 13.3. The van der Waals surface area contributed by atoms with Crippen LogP contribution >= 0.6 is 11.3 Å². The minimum atomic E-state index is 0.628. The van der Waals surface area contributed by atoms with Gasteiger partial charge in [-0.2, -0.15) is 0 Å². The van der Waals surface area contributed by atoms with Crippen molar-refractivity contribution in [2.45, 2.75) is 0 Å². The van der Waals surface area contributed by atoms with Crippen LogP contribution in [0.15, 0.2) is 202 Å². The molecule has 11 rings (SSSR count). The number of hydrogen-bond acceptors (Lipinski definition) is 5. The van der Waals surface area contributed by atoms with E-state index in [0.29, 0.717) is 5.89 Å². The lowest BCUT2D eigenvalue weighted by Crippen LogP contribution is -2.09. The van der Waals surface area contributed by atoms with Crippen LogP contribution in [-0.4, -0.2) is 4.98 Å². The molecule has 2 aliphatic rings. The number of para-hydroxylation sites is 3. The van der Waals surface area contributed by atoms with Gasteiger partial charge in [0.25, 0.3) is 0 Å². The number of furan rings is 1. The molecule has 56 heavy (non-hydrogen) atoms. The summed E-state index contributed by atoms with van der Waals surface area (Å²) in [6.07, 6.45) is 0. The third-order valence-corrected chi connectivity index (χ3v) is 11.5. The molecule has 1 aliphatic heterocycles. The summed E-state index contributed by atoms with van der Waals surface area (Å²) in [5, 5.41) is 4.41. The maximum atomic E-state index is 6.22. The highest BCUT2D eigenvalue weighted by atomic mass is 32.1. The third-order valence-electron chi connectivity index (χ3n) is 10.6. The summed E-state index contributed by atoms with van der Waals surface area (Å²) >= 11 is 1.77. The summed E-state index contributed by atoms with van der Waals surface area (Å²) in [7, 11) is 0. The van der Waals surface area contributed by atoms with E-state index in [1.165, 1.54) is 21.6 Å². The summed E-state index contributed by atoms with van der Waals surface area (Å²) in [6, 6.07) is 66.3. The van der Waals surface area contributed by atoms with Gasteiger partial charge in [0.05, 0.1) is 0 Å². The first kappa shape index (κ1) is 32.2. The largest absolute Gasteiger partial charge is 0.456 e. The molecule has 3 heterocycles. The molecule has 0 saturated heterocycles. The maximum Gasteiger partial charge on any atom is 0.227 e. The highest BCUT2D eigenvalue weighted by molar-refractivity contribution is 7.13. The summed E-state index contributed by atoms with van der Waals surface area (Å²) in [5.74, 6) is 0.628. The van der Waals surface area contributed by atoms with Gasteiger partial charge in [-0.1, -0.05) is 97.1 Å². The lowest BCUT2D eigenvalue weighted by Gasteiger charge is -2.26. The first-order valence-corrected chi connectivity index (χ1v) is 19.5. The van der Waals surface area contributed by atoms with Crippen LogP contribution in [0.2, 0.25) is 0 Å². The van der Waals surface area contributed by atoms with Crippen molar-refractivity contribution in [1.29, 1.82) is 0 Å². The highest BCUT2D eigenvalue weighted by Gasteiger charge is 2.16. The van der Waals surface area contributed by atoms with Crippen molar-refractivity contribution in [1.82, 2.24) is 4.98 Å². The maximum absolute atomic E-state index is 6.22. The average Bonchev–Trinajstić information content (AvgIpc) is 4.00. The van der Waals surface area contributed by atoms with Crippen LogP contribution in [-0.2, 0) is 0 Å². The minimum Gasteiger partial charge on any atom is -0.456 e. The number of rotatable bonds is 7. The van der Waals surface area contributed by atoms with Crippen LogP contribution in [0.1, 0.15) is 0 Å². The molecule has 5 heteroatoms. The van der Waals surface area contributed by atoms with E-state index in [2.05, 4.69) is 167 Å². The zero-order chi connectivity index (χ0) is 37.0. The molecule has 0 atom stereocenters. The van der Waals surface area contributed by atoms with Crippen LogP contribution in [0.25, 0.3) is 88.3 Å². The van der Waals surface area contributed by atoms with Crippen molar-refractivity contribution in [2.24, 2.45) is 0 Å². The Morgan fingerprint density at radius 2 is 0.929 bits per heavy atom. The Kier molecular flexibility index (Phi) is 7.64. The molecular weight excluding hydrogens is 705 g/mol. The van der Waals surface area contributed by atoms with E-state index in [4.69, 9.17) is 8.83 Å². The van der Waals surface area contributed by atoms with E-state index in [0.717, 1.165) is 77.9 Å². The van der Waals surface area contributed by atoms with E-state index in [-0.39, 0.29) is 0 Å². The molecule has 0 bridgehead atoms. The van der Waals surface area contributed by atoms with Crippen LogP contribution in [0.4, 0.5) is 17.1 Å². The predicted octanol–water partition coefficient (Wildman–Crippen LogP) is 15.0. The Labute approximate surface area is 327 Å². The number of aromatic nitrogens is 1. The molecule has 0 amide bonds. The zero-order valence-corrected chi connectivity index (χ0v) is 30.9. The second-order valence-electron chi connectivity index (χ2n) is 14.0. The van der Waals surface area contributed by atoms with Gasteiger partial charge in [0.15, 0.2) is 5.58 Å². The minimum absolute atomic E-state index is 0.628. The summed E-state index contributed by atoms with van der Waals surface area (Å²) in [4.78, 5) is 8.29. The van der Waals surface area contributed by atoms with Gasteiger partial charge in [-0.05, 0) is 135 Å². The molecular formula is C51H32N2O2S. The summed E-state index contributed by atoms with van der Waals surface area (Å²) in [5.41, 5.74) is 15.9. The van der Waals surface area contributed by atoms with E-state index < -0.39 is 0 Å². The third kappa shape index (κ3) is 5.74. The van der Waals surface area contributed by atoms with Gasteiger partial charge in [-0.25, -0.2) is 4.98 Å². The Balaban J connectivity index is 0.926. The first-order chi connectivity index (χ1) is 27.7. The Morgan fingerprint density at radius 1 is 0.375 bits per heavy atom. The van der Waals surface area contributed by atoms with Crippen LogP contribution in [0, 0.1) is 0 Å². The van der Waals surface area contributed by atoms with Gasteiger partial charge < -0.3 is 13.7 Å². The van der Waals surface area contributed by atoms with E-state index in [1.54, 1.807) is 11.3 Å².